The van der Waals surface area contributed by atoms with Gasteiger partial charge in [0, 0.05) is 17.3 Å². The van der Waals surface area contributed by atoms with E-state index in [9.17, 15) is 9.59 Å². The molecule has 3 aromatic carbocycles. The van der Waals surface area contributed by atoms with Crippen LogP contribution in [-0.4, -0.2) is 24.4 Å². The molecule has 164 valence electrons. The van der Waals surface area contributed by atoms with Crippen molar-refractivity contribution in [2.45, 2.75) is 12.3 Å². The van der Waals surface area contributed by atoms with E-state index in [0.717, 1.165) is 11.1 Å². The van der Waals surface area contributed by atoms with Crippen molar-refractivity contribution < 1.29 is 19.1 Å². The van der Waals surface area contributed by atoms with Gasteiger partial charge in [-0.25, -0.2) is 0 Å². The molecular weight excluding hydrogens is 448 g/mol. The molecule has 4 rings (SSSR count). The third-order valence-corrected chi connectivity index (χ3v) is 6.01. The Morgan fingerprint density at radius 1 is 0.938 bits per heavy atom. The summed E-state index contributed by atoms with van der Waals surface area (Å²) in [6.07, 6.45) is 0. The van der Waals surface area contributed by atoms with Crippen molar-refractivity contribution >= 4 is 40.9 Å². The molecule has 1 heterocycles. The molecule has 0 atom stereocenters. The maximum atomic E-state index is 12.7. The van der Waals surface area contributed by atoms with Crippen LogP contribution in [0.1, 0.15) is 21.5 Å². The minimum absolute atomic E-state index is 0.167. The maximum Gasteiger partial charge on any atom is 0.253 e. The number of para-hydroxylation sites is 1. The summed E-state index contributed by atoms with van der Waals surface area (Å²) in [4.78, 5) is 25.2. The van der Waals surface area contributed by atoms with E-state index in [1.54, 1.807) is 24.3 Å². The fourth-order valence-corrected chi connectivity index (χ4v) is 4.06. The van der Waals surface area contributed by atoms with Crippen LogP contribution >= 0.6 is 23.4 Å². The number of rotatable bonds is 8. The summed E-state index contributed by atoms with van der Waals surface area (Å²) < 4.78 is 10.7. The van der Waals surface area contributed by atoms with Crippen LogP contribution in [0.25, 0.3) is 0 Å². The number of benzene rings is 3. The Balaban J connectivity index is 1.30. The van der Waals surface area contributed by atoms with Gasteiger partial charge in [0.15, 0.2) is 11.5 Å². The molecule has 0 bridgehead atoms. The number of hydrogen-bond acceptors (Lipinski definition) is 5. The van der Waals surface area contributed by atoms with Crippen molar-refractivity contribution in [3.63, 3.8) is 0 Å². The van der Waals surface area contributed by atoms with Gasteiger partial charge in [0.1, 0.15) is 0 Å². The summed E-state index contributed by atoms with van der Waals surface area (Å²) in [5, 5.41) is 6.41. The monoisotopic (exact) mass is 468 g/mol. The highest BCUT2D eigenvalue weighted by Gasteiger charge is 2.15. The van der Waals surface area contributed by atoms with Crippen LogP contribution < -0.4 is 20.1 Å². The topological polar surface area (TPSA) is 76.7 Å². The van der Waals surface area contributed by atoms with E-state index in [0.29, 0.717) is 40.1 Å². The molecule has 1 aliphatic heterocycles. The Morgan fingerprint density at radius 3 is 2.53 bits per heavy atom. The largest absolute Gasteiger partial charge is 0.454 e. The Bertz CT molecular complexity index is 1120. The van der Waals surface area contributed by atoms with Gasteiger partial charge in [0.25, 0.3) is 5.91 Å². The zero-order valence-electron chi connectivity index (χ0n) is 17.1. The normalized spacial score (nSPS) is 11.8. The van der Waals surface area contributed by atoms with Gasteiger partial charge in [0.05, 0.1) is 17.0 Å². The van der Waals surface area contributed by atoms with Crippen molar-refractivity contribution in [3.05, 3.63) is 88.4 Å². The summed E-state index contributed by atoms with van der Waals surface area (Å²) >= 11 is 7.39. The van der Waals surface area contributed by atoms with Crippen molar-refractivity contribution in [1.29, 1.82) is 0 Å². The number of anilines is 1. The van der Waals surface area contributed by atoms with Gasteiger partial charge in [-0.3, -0.25) is 9.59 Å². The standard InChI is InChI=1S/C24H21ClN2O4S/c25-18-8-5-16(6-9-18)13-32-14-23(28)27-20-4-2-1-3-19(20)24(29)26-12-17-7-10-21-22(11-17)31-15-30-21/h1-11H,12-15H2,(H,26,29)(H,27,28). The Hall–Kier alpha value is -3.16. The number of thioether (sulfide) groups is 1. The van der Waals surface area contributed by atoms with E-state index in [-0.39, 0.29) is 24.4 Å². The lowest BCUT2D eigenvalue weighted by Crippen LogP contribution is -2.25. The number of halogens is 1. The van der Waals surface area contributed by atoms with Crippen LogP contribution in [-0.2, 0) is 17.1 Å². The lowest BCUT2D eigenvalue weighted by atomic mass is 10.1. The highest BCUT2D eigenvalue weighted by Crippen LogP contribution is 2.32. The Morgan fingerprint density at radius 2 is 1.69 bits per heavy atom. The zero-order chi connectivity index (χ0) is 22.3. The summed E-state index contributed by atoms with van der Waals surface area (Å²) in [6.45, 7) is 0.533. The first-order valence-electron chi connectivity index (χ1n) is 9.96. The maximum absolute atomic E-state index is 12.7. The SMILES string of the molecule is O=C(CSCc1ccc(Cl)cc1)Nc1ccccc1C(=O)NCc1ccc2c(c1)OCO2. The van der Waals surface area contributed by atoms with Gasteiger partial charge < -0.3 is 20.1 Å². The van der Waals surface area contributed by atoms with Crippen molar-refractivity contribution in [3.8, 4) is 11.5 Å². The first-order valence-corrected chi connectivity index (χ1v) is 11.5. The lowest BCUT2D eigenvalue weighted by molar-refractivity contribution is -0.113. The first kappa shape index (κ1) is 22.0. The van der Waals surface area contributed by atoms with Crippen LogP contribution in [0.2, 0.25) is 5.02 Å². The van der Waals surface area contributed by atoms with Gasteiger partial charge in [-0.15, -0.1) is 11.8 Å². The van der Waals surface area contributed by atoms with Gasteiger partial charge >= 0.3 is 0 Å². The van der Waals surface area contributed by atoms with Crippen molar-refractivity contribution in [2.24, 2.45) is 0 Å². The average molecular weight is 469 g/mol. The molecule has 1 aliphatic rings. The molecular formula is C24H21ClN2O4S. The molecule has 0 unspecified atom stereocenters. The number of carbonyl (C=O) groups excluding carboxylic acids is 2. The highest BCUT2D eigenvalue weighted by molar-refractivity contribution is 7.99. The molecule has 2 amide bonds. The summed E-state index contributed by atoms with van der Waals surface area (Å²) in [5.74, 6) is 1.90. The van der Waals surface area contributed by atoms with Gasteiger partial charge in [-0.2, -0.15) is 0 Å². The number of fused-ring (bicyclic) bond motifs is 1. The predicted octanol–water partition coefficient (Wildman–Crippen LogP) is 4.87. The third-order valence-electron chi connectivity index (χ3n) is 4.75. The second kappa shape index (κ2) is 10.4. The molecule has 0 aliphatic carbocycles. The lowest BCUT2D eigenvalue weighted by Gasteiger charge is -2.12. The summed E-state index contributed by atoms with van der Waals surface area (Å²) in [6, 6.07) is 20.0. The van der Waals surface area contributed by atoms with Crippen LogP contribution in [0, 0.1) is 0 Å². The minimum atomic E-state index is -0.271. The van der Waals surface area contributed by atoms with Crippen molar-refractivity contribution in [1.82, 2.24) is 5.32 Å². The number of amides is 2. The Labute approximate surface area is 195 Å². The fourth-order valence-electron chi connectivity index (χ4n) is 3.15. The van der Waals surface area contributed by atoms with Crippen LogP contribution in [0.15, 0.2) is 66.7 Å². The van der Waals surface area contributed by atoms with Crippen LogP contribution in [0.5, 0.6) is 11.5 Å². The molecule has 0 fully saturated rings. The van der Waals surface area contributed by atoms with Gasteiger partial charge in [0.2, 0.25) is 12.7 Å². The van der Waals surface area contributed by atoms with E-state index in [1.807, 2.05) is 42.5 Å². The minimum Gasteiger partial charge on any atom is -0.454 e. The third kappa shape index (κ3) is 5.75. The second-order valence-electron chi connectivity index (χ2n) is 7.08. The summed E-state index contributed by atoms with van der Waals surface area (Å²) in [5.41, 5.74) is 2.87. The molecule has 0 radical (unpaired) electrons. The number of nitrogens with one attached hydrogen (secondary N) is 2. The molecule has 3 aromatic rings. The molecule has 0 saturated carbocycles. The quantitative estimate of drug-likeness (QED) is 0.493. The van der Waals surface area contributed by atoms with E-state index in [4.69, 9.17) is 21.1 Å². The molecule has 0 spiro atoms. The molecule has 0 aromatic heterocycles. The van der Waals surface area contributed by atoms with Gasteiger partial charge in [-0.05, 0) is 47.5 Å². The second-order valence-corrected chi connectivity index (χ2v) is 8.51. The van der Waals surface area contributed by atoms with Crippen LogP contribution in [0.3, 0.4) is 0 Å². The van der Waals surface area contributed by atoms with Crippen molar-refractivity contribution in [2.75, 3.05) is 17.9 Å². The van der Waals surface area contributed by atoms with Crippen LogP contribution in [0.4, 0.5) is 5.69 Å². The molecule has 32 heavy (non-hydrogen) atoms. The zero-order valence-corrected chi connectivity index (χ0v) is 18.7. The van der Waals surface area contributed by atoms with E-state index < -0.39 is 0 Å². The Kier molecular flexibility index (Phi) is 7.19. The number of hydrogen-bond donors (Lipinski definition) is 2. The summed E-state index contributed by atoms with van der Waals surface area (Å²) in [7, 11) is 0. The molecule has 8 heteroatoms. The van der Waals surface area contributed by atoms with E-state index in [2.05, 4.69) is 10.6 Å². The fraction of sp³-hybridized carbons (Fsp3) is 0.167. The average Bonchev–Trinajstić information content (AvgIpc) is 3.27. The predicted molar refractivity (Wildman–Crippen MR) is 126 cm³/mol. The smallest absolute Gasteiger partial charge is 0.253 e. The molecule has 0 saturated heterocycles. The first-order chi connectivity index (χ1) is 15.6. The molecule has 6 nitrogen and oxygen atoms in total. The number of ether oxygens (including phenoxy) is 2. The number of carbonyl (C=O) groups is 2. The molecule has 2 N–H and O–H groups in total. The highest BCUT2D eigenvalue weighted by atomic mass is 35.5. The van der Waals surface area contributed by atoms with E-state index in [1.165, 1.54) is 11.8 Å². The van der Waals surface area contributed by atoms with Gasteiger partial charge in [-0.1, -0.05) is 41.9 Å². The van der Waals surface area contributed by atoms with E-state index >= 15 is 0 Å².